The maximum atomic E-state index is 11.8. The van der Waals surface area contributed by atoms with E-state index >= 15 is 0 Å². The van der Waals surface area contributed by atoms with Crippen molar-refractivity contribution < 1.29 is 19.4 Å². The van der Waals surface area contributed by atoms with Gasteiger partial charge in [-0.25, -0.2) is 4.79 Å². The lowest BCUT2D eigenvalue weighted by atomic mass is 10.0. The van der Waals surface area contributed by atoms with Crippen LogP contribution in [0.4, 0.5) is 4.79 Å². The van der Waals surface area contributed by atoms with Crippen LogP contribution < -0.4 is 0 Å². The second kappa shape index (κ2) is 4.77. The summed E-state index contributed by atoms with van der Waals surface area (Å²) in [5.74, 6) is -1.04. The average molecular weight is 241 g/mol. The largest absolute Gasteiger partial charge is 0.481 e. The highest BCUT2D eigenvalue weighted by atomic mass is 16.6. The van der Waals surface area contributed by atoms with Crippen molar-refractivity contribution in [2.45, 2.75) is 32.8 Å². The van der Waals surface area contributed by atoms with E-state index in [4.69, 9.17) is 9.84 Å². The molecule has 17 heavy (non-hydrogen) atoms. The second-order valence-corrected chi connectivity index (χ2v) is 5.31. The number of rotatable bonds is 2. The molecule has 1 saturated heterocycles. The lowest BCUT2D eigenvalue weighted by molar-refractivity contribution is -0.137. The molecule has 0 aliphatic carbocycles. The highest BCUT2D eigenvalue weighted by molar-refractivity contribution is 5.71. The Morgan fingerprint density at radius 1 is 1.53 bits per heavy atom. The van der Waals surface area contributed by atoms with Crippen molar-refractivity contribution >= 4 is 12.1 Å². The van der Waals surface area contributed by atoms with E-state index in [1.807, 2.05) is 0 Å². The first-order valence-electron chi connectivity index (χ1n) is 5.56. The molecule has 1 atom stereocenters. The van der Waals surface area contributed by atoms with Crippen LogP contribution in [0.2, 0.25) is 0 Å². The van der Waals surface area contributed by atoms with Crippen LogP contribution in [0.1, 0.15) is 27.2 Å². The zero-order valence-corrected chi connectivity index (χ0v) is 10.5. The molecular weight excluding hydrogens is 222 g/mol. The Balaban J connectivity index is 2.57. The lowest BCUT2D eigenvalue weighted by Crippen LogP contribution is -2.35. The number of carboxylic acid groups (broad SMARTS) is 1. The van der Waals surface area contributed by atoms with Gasteiger partial charge in [-0.1, -0.05) is 12.2 Å². The highest BCUT2D eigenvalue weighted by Crippen LogP contribution is 2.25. The maximum Gasteiger partial charge on any atom is 0.410 e. The molecule has 0 aromatic heterocycles. The SMILES string of the molecule is C=C1CN(C(=O)OC(C)(C)C)CC1CC(=O)O. The van der Waals surface area contributed by atoms with Gasteiger partial charge in [0, 0.05) is 19.0 Å². The Bertz CT molecular complexity index is 343. The van der Waals surface area contributed by atoms with Gasteiger partial charge in [-0.15, -0.1) is 0 Å². The molecule has 1 aliphatic rings. The molecule has 96 valence electrons. The number of ether oxygens (including phenoxy) is 1. The van der Waals surface area contributed by atoms with Crippen LogP contribution >= 0.6 is 0 Å². The molecular formula is C12H19NO4. The molecule has 0 saturated carbocycles. The monoisotopic (exact) mass is 241 g/mol. The summed E-state index contributed by atoms with van der Waals surface area (Å²) in [6.07, 6.45) is -0.399. The number of hydrogen-bond donors (Lipinski definition) is 1. The quantitative estimate of drug-likeness (QED) is 0.750. The van der Waals surface area contributed by atoms with E-state index < -0.39 is 17.7 Å². The van der Waals surface area contributed by atoms with Gasteiger partial charge in [0.15, 0.2) is 0 Å². The van der Waals surface area contributed by atoms with Gasteiger partial charge in [0.1, 0.15) is 5.60 Å². The van der Waals surface area contributed by atoms with Crippen LogP contribution in [0.5, 0.6) is 0 Å². The van der Waals surface area contributed by atoms with Crippen molar-refractivity contribution in [1.29, 1.82) is 0 Å². The Kier molecular flexibility index (Phi) is 3.80. The van der Waals surface area contributed by atoms with Gasteiger partial charge in [0.25, 0.3) is 0 Å². The molecule has 0 aromatic rings. The van der Waals surface area contributed by atoms with E-state index in [1.54, 1.807) is 20.8 Å². The van der Waals surface area contributed by atoms with Crippen LogP contribution in [0.15, 0.2) is 12.2 Å². The van der Waals surface area contributed by atoms with Gasteiger partial charge in [0.05, 0.1) is 6.42 Å². The van der Waals surface area contributed by atoms with Crippen LogP contribution in [-0.2, 0) is 9.53 Å². The van der Waals surface area contributed by atoms with E-state index in [-0.39, 0.29) is 12.3 Å². The van der Waals surface area contributed by atoms with E-state index in [0.717, 1.165) is 5.57 Å². The summed E-state index contributed by atoms with van der Waals surface area (Å²) in [7, 11) is 0. The number of likely N-dealkylation sites (tertiary alicyclic amines) is 1. The smallest absolute Gasteiger partial charge is 0.410 e. The first kappa shape index (κ1) is 13.5. The van der Waals surface area contributed by atoms with Gasteiger partial charge in [-0.3, -0.25) is 4.79 Å². The summed E-state index contributed by atoms with van der Waals surface area (Å²) in [4.78, 5) is 23.9. The lowest BCUT2D eigenvalue weighted by Gasteiger charge is -2.24. The Morgan fingerprint density at radius 3 is 2.59 bits per heavy atom. The molecule has 0 aromatic carbocycles. The summed E-state index contributed by atoms with van der Waals surface area (Å²) in [5, 5.41) is 8.73. The molecule has 1 fully saturated rings. The van der Waals surface area contributed by atoms with E-state index in [1.165, 1.54) is 4.90 Å². The number of nitrogens with zero attached hydrogens (tertiary/aromatic N) is 1. The fourth-order valence-electron chi connectivity index (χ4n) is 1.72. The normalized spacial score (nSPS) is 20.5. The third-order valence-electron chi connectivity index (χ3n) is 2.48. The van der Waals surface area contributed by atoms with Crippen LogP contribution in [0, 0.1) is 5.92 Å². The number of amides is 1. The van der Waals surface area contributed by atoms with Crippen molar-refractivity contribution in [2.24, 2.45) is 5.92 Å². The summed E-state index contributed by atoms with van der Waals surface area (Å²) < 4.78 is 5.22. The van der Waals surface area contributed by atoms with Crippen molar-refractivity contribution in [3.8, 4) is 0 Å². The first-order valence-corrected chi connectivity index (χ1v) is 5.56. The highest BCUT2D eigenvalue weighted by Gasteiger charge is 2.33. The molecule has 0 bridgehead atoms. The standard InChI is InChI=1S/C12H19NO4/c1-8-6-13(7-9(8)5-10(14)15)11(16)17-12(2,3)4/h9H,1,5-7H2,2-4H3,(H,14,15). The van der Waals surface area contributed by atoms with E-state index in [2.05, 4.69) is 6.58 Å². The zero-order chi connectivity index (χ0) is 13.2. The Labute approximate surface area is 101 Å². The first-order chi connectivity index (χ1) is 7.69. The number of hydrogen-bond acceptors (Lipinski definition) is 3. The molecule has 0 radical (unpaired) electrons. The van der Waals surface area contributed by atoms with Crippen LogP contribution in [0.25, 0.3) is 0 Å². The summed E-state index contributed by atoms with van der Waals surface area (Å²) >= 11 is 0. The molecule has 5 nitrogen and oxygen atoms in total. The van der Waals surface area contributed by atoms with Gasteiger partial charge < -0.3 is 14.7 Å². The topological polar surface area (TPSA) is 66.8 Å². The predicted molar refractivity (Wildman–Crippen MR) is 62.7 cm³/mol. The third-order valence-corrected chi connectivity index (χ3v) is 2.48. The fraction of sp³-hybridized carbons (Fsp3) is 0.667. The molecule has 0 spiro atoms. The second-order valence-electron chi connectivity index (χ2n) is 5.31. The summed E-state index contributed by atoms with van der Waals surface area (Å²) in [5.41, 5.74) is 0.238. The number of carboxylic acids is 1. The number of carbonyl (C=O) groups is 2. The van der Waals surface area contributed by atoms with Crippen LogP contribution in [0.3, 0.4) is 0 Å². The van der Waals surface area contributed by atoms with Crippen molar-refractivity contribution in [1.82, 2.24) is 4.90 Å². The summed E-state index contributed by atoms with van der Waals surface area (Å²) in [6, 6.07) is 0. The Hall–Kier alpha value is -1.52. The van der Waals surface area contributed by atoms with Gasteiger partial charge >= 0.3 is 12.1 Å². The van der Waals surface area contributed by atoms with Gasteiger partial charge in [0.2, 0.25) is 0 Å². The van der Waals surface area contributed by atoms with Gasteiger partial charge in [-0.05, 0) is 20.8 Å². The van der Waals surface area contributed by atoms with Crippen molar-refractivity contribution in [3.05, 3.63) is 12.2 Å². The molecule has 1 N–H and O–H groups in total. The zero-order valence-electron chi connectivity index (χ0n) is 10.5. The molecule has 1 heterocycles. The molecule has 1 aliphatic heterocycles. The minimum absolute atomic E-state index is 0.0120. The molecule has 1 unspecified atom stereocenters. The minimum atomic E-state index is -0.873. The van der Waals surface area contributed by atoms with Crippen molar-refractivity contribution in [3.63, 3.8) is 0 Å². The number of aliphatic carboxylic acids is 1. The predicted octanol–water partition coefficient (Wildman–Crippen LogP) is 1.88. The van der Waals surface area contributed by atoms with Crippen LogP contribution in [-0.4, -0.2) is 40.8 Å². The van der Waals surface area contributed by atoms with Crippen molar-refractivity contribution in [2.75, 3.05) is 13.1 Å². The molecule has 1 rings (SSSR count). The Morgan fingerprint density at radius 2 is 2.12 bits per heavy atom. The van der Waals surface area contributed by atoms with E-state index in [9.17, 15) is 9.59 Å². The fourth-order valence-corrected chi connectivity index (χ4v) is 1.72. The third kappa shape index (κ3) is 4.09. The van der Waals surface area contributed by atoms with E-state index in [0.29, 0.717) is 13.1 Å². The summed E-state index contributed by atoms with van der Waals surface area (Å²) in [6.45, 7) is 9.95. The van der Waals surface area contributed by atoms with Gasteiger partial charge in [-0.2, -0.15) is 0 Å². The average Bonchev–Trinajstić information content (AvgIpc) is 2.44. The molecule has 1 amide bonds. The maximum absolute atomic E-state index is 11.8. The number of carbonyl (C=O) groups excluding carboxylic acids is 1. The minimum Gasteiger partial charge on any atom is -0.481 e. The molecule has 5 heteroatoms.